The Labute approximate surface area is 128 Å². The van der Waals surface area contributed by atoms with Crippen LogP contribution < -0.4 is 4.90 Å². The van der Waals surface area contributed by atoms with Gasteiger partial charge >= 0.3 is 0 Å². The van der Waals surface area contributed by atoms with E-state index in [0.29, 0.717) is 38.7 Å². The van der Waals surface area contributed by atoms with Gasteiger partial charge in [0, 0.05) is 44.8 Å². The quantitative estimate of drug-likeness (QED) is 0.800. The third-order valence-electron chi connectivity index (χ3n) is 3.86. The molecule has 116 valence electrons. The Bertz CT molecular complexity index is 490. The van der Waals surface area contributed by atoms with Crippen molar-refractivity contribution >= 4 is 22.6 Å². The second kappa shape index (κ2) is 6.67. The molecule has 0 radical (unpaired) electrons. The van der Waals surface area contributed by atoms with E-state index in [1.807, 2.05) is 4.90 Å². The summed E-state index contributed by atoms with van der Waals surface area (Å²) in [5.74, 6) is 1.03. The van der Waals surface area contributed by atoms with E-state index in [4.69, 9.17) is 9.47 Å². The molecule has 0 aliphatic carbocycles. The number of hydrogen-bond acceptors (Lipinski definition) is 7. The molecule has 1 aromatic rings. The van der Waals surface area contributed by atoms with Crippen molar-refractivity contribution < 1.29 is 14.3 Å². The van der Waals surface area contributed by atoms with Crippen LogP contribution in [0.15, 0.2) is 0 Å². The lowest BCUT2D eigenvalue weighted by Gasteiger charge is -2.29. The molecule has 2 fully saturated rings. The lowest BCUT2D eigenvalue weighted by atomic mass is 10.1. The molecule has 0 N–H and O–H groups in total. The molecule has 0 aromatic carbocycles. The average Bonchev–Trinajstić information content (AvgIpc) is 3.16. The smallest absolute Gasteiger partial charge is 0.227 e. The molecule has 2 saturated heterocycles. The highest BCUT2D eigenvalue weighted by molar-refractivity contribution is 7.09. The number of methoxy groups -OCH3 is 1. The molecule has 2 aliphatic heterocycles. The van der Waals surface area contributed by atoms with Crippen LogP contribution in [0.2, 0.25) is 0 Å². The highest BCUT2D eigenvalue weighted by Gasteiger charge is 2.33. The fourth-order valence-corrected chi connectivity index (χ4v) is 3.45. The highest BCUT2D eigenvalue weighted by atomic mass is 32.1. The molecule has 0 spiro atoms. The Morgan fingerprint density at radius 3 is 3.00 bits per heavy atom. The minimum atomic E-state index is 0.0675. The van der Waals surface area contributed by atoms with Crippen LogP contribution in [0.5, 0.6) is 0 Å². The topological polar surface area (TPSA) is 67.8 Å². The van der Waals surface area contributed by atoms with Crippen molar-refractivity contribution in [1.29, 1.82) is 0 Å². The van der Waals surface area contributed by atoms with Crippen LogP contribution in [0.25, 0.3) is 0 Å². The Hall–Kier alpha value is -1.25. The van der Waals surface area contributed by atoms with Gasteiger partial charge in [-0.25, -0.2) is 4.98 Å². The Morgan fingerprint density at radius 2 is 2.24 bits per heavy atom. The van der Waals surface area contributed by atoms with Gasteiger partial charge < -0.3 is 19.3 Å². The van der Waals surface area contributed by atoms with E-state index in [2.05, 4.69) is 14.3 Å². The van der Waals surface area contributed by atoms with Crippen molar-refractivity contribution in [3.63, 3.8) is 0 Å². The monoisotopic (exact) mass is 312 g/mol. The van der Waals surface area contributed by atoms with Gasteiger partial charge in [0.1, 0.15) is 6.61 Å². The van der Waals surface area contributed by atoms with Crippen LogP contribution in [0, 0.1) is 5.92 Å². The first kappa shape index (κ1) is 14.7. The maximum Gasteiger partial charge on any atom is 0.227 e. The molecule has 1 aromatic heterocycles. The second-order valence-corrected chi connectivity index (χ2v) is 6.03. The predicted octanol–water partition coefficient (Wildman–Crippen LogP) is 0.370. The summed E-state index contributed by atoms with van der Waals surface area (Å²) in [5.41, 5.74) is 0. The molecular weight excluding hydrogens is 292 g/mol. The number of hydrogen-bond donors (Lipinski definition) is 0. The fourth-order valence-electron chi connectivity index (χ4n) is 2.74. The third kappa shape index (κ3) is 3.33. The van der Waals surface area contributed by atoms with Gasteiger partial charge in [-0.1, -0.05) is 0 Å². The normalized spacial score (nSPS) is 22.8. The molecule has 7 nitrogen and oxygen atoms in total. The van der Waals surface area contributed by atoms with E-state index in [1.165, 1.54) is 11.5 Å². The first-order valence-electron chi connectivity index (χ1n) is 7.21. The van der Waals surface area contributed by atoms with Gasteiger partial charge in [0.05, 0.1) is 19.1 Å². The fraction of sp³-hybridized carbons (Fsp3) is 0.769. The van der Waals surface area contributed by atoms with Crippen molar-refractivity contribution in [3.8, 4) is 0 Å². The lowest BCUT2D eigenvalue weighted by molar-refractivity contribution is -0.138. The third-order valence-corrected chi connectivity index (χ3v) is 4.68. The van der Waals surface area contributed by atoms with E-state index in [1.54, 1.807) is 7.11 Å². The number of anilines is 1. The molecule has 0 saturated carbocycles. The van der Waals surface area contributed by atoms with Gasteiger partial charge in [-0.3, -0.25) is 4.79 Å². The number of carbonyl (C=O) groups is 1. The van der Waals surface area contributed by atoms with Crippen molar-refractivity contribution in [2.75, 3.05) is 51.4 Å². The minimum absolute atomic E-state index is 0.0675. The predicted molar refractivity (Wildman–Crippen MR) is 78.3 cm³/mol. The maximum atomic E-state index is 12.5. The maximum absolute atomic E-state index is 12.5. The molecule has 3 heterocycles. The summed E-state index contributed by atoms with van der Waals surface area (Å²) in [6.45, 7) is 4.76. The highest BCUT2D eigenvalue weighted by Crippen LogP contribution is 2.26. The molecule has 1 amide bonds. The summed E-state index contributed by atoms with van der Waals surface area (Å²) in [5, 5.41) is 0.888. The van der Waals surface area contributed by atoms with Crippen LogP contribution in [0.1, 0.15) is 12.2 Å². The molecule has 21 heavy (non-hydrogen) atoms. The van der Waals surface area contributed by atoms with E-state index in [9.17, 15) is 4.79 Å². The van der Waals surface area contributed by atoms with Crippen LogP contribution in [-0.4, -0.2) is 66.7 Å². The van der Waals surface area contributed by atoms with Crippen molar-refractivity contribution in [2.45, 2.75) is 13.0 Å². The van der Waals surface area contributed by atoms with Crippen LogP contribution in [0.4, 0.5) is 5.13 Å². The van der Waals surface area contributed by atoms with Crippen molar-refractivity contribution in [1.82, 2.24) is 14.3 Å². The first-order valence-corrected chi connectivity index (χ1v) is 7.98. The molecule has 2 aliphatic rings. The molecule has 1 atom stereocenters. The Balaban J connectivity index is 1.57. The van der Waals surface area contributed by atoms with E-state index < -0.39 is 0 Å². The van der Waals surface area contributed by atoms with Crippen LogP contribution in [0.3, 0.4) is 0 Å². The van der Waals surface area contributed by atoms with Gasteiger partial charge in [-0.15, -0.1) is 0 Å². The zero-order valence-corrected chi connectivity index (χ0v) is 13.0. The standard InChI is InChI=1S/C13H20N4O3S/c1-19-9-11-14-13(21-15-11)17-3-2-10(8-17)12(18)16-4-6-20-7-5-16/h10H,2-9H2,1H3. The minimum Gasteiger partial charge on any atom is -0.378 e. The molecule has 1 unspecified atom stereocenters. The van der Waals surface area contributed by atoms with Crippen molar-refractivity contribution in [3.05, 3.63) is 5.82 Å². The summed E-state index contributed by atoms with van der Waals surface area (Å²) < 4.78 is 14.6. The molecule has 3 rings (SSSR count). The summed E-state index contributed by atoms with van der Waals surface area (Å²) in [4.78, 5) is 21.0. The zero-order chi connectivity index (χ0) is 14.7. The largest absolute Gasteiger partial charge is 0.378 e. The molecule has 8 heteroatoms. The van der Waals surface area contributed by atoms with Gasteiger partial charge in [0.15, 0.2) is 5.82 Å². The van der Waals surface area contributed by atoms with Gasteiger partial charge in [0.25, 0.3) is 0 Å². The molecular formula is C13H20N4O3S. The number of rotatable bonds is 4. The number of nitrogens with zero attached hydrogens (tertiary/aromatic N) is 4. The summed E-state index contributed by atoms with van der Waals surface area (Å²) in [7, 11) is 1.63. The number of morpholine rings is 1. The van der Waals surface area contributed by atoms with E-state index >= 15 is 0 Å². The summed E-state index contributed by atoms with van der Waals surface area (Å²) in [6, 6.07) is 0. The first-order chi connectivity index (χ1) is 10.3. The lowest BCUT2D eigenvalue weighted by Crippen LogP contribution is -2.44. The van der Waals surface area contributed by atoms with E-state index in [0.717, 1.165) is 24.6 Å². The van der Waals surface area contributed by atoms with Gasteiger partial charge in [-0.2, -0.15) is 4.37 Å². The number of ether oxygens (including phenoxy) is 2. The number of amides is 1. The summed E-state index contributed by atoms with van der Waals surface area (Å²) in [6.07, 6.45) is 0.884. The van der Waals surface area contributed by atoms with Crippen LogP contribution >= 0.6 is 11.5 Å². The zero-order valence-electron chi connectivity index (χ0n) is 12.2. The van der Waals surface area contributed by atoms with Gasteiger partial charge in [-0.05, 0) is 6.42 Å². The Kier molecular flexibility index (Phi) is 4.67. The SMILES string of the molecule is COCc1nsc(N2CCC(C(=O)N3CCOCC3)C2)n1. The summed E-state index contributed by atoms with van der Waals surface area (Å²) >= 11 is 1.38. The van der Waals surface area contributed by atoms with Crippen molar-refractivity contribution in [2.24, 2.45) is 5.92 Å². The van der Waals surface area contributed by atoms with E-state index in [-0.39, 0.29) is 11.8 Å². The van der Waals surface area contributed by atoms with Crippen LogP contribution in [-0.2, 0) is 20.9 Å². The molecule has 0 bridgehead atoms. The number of carbonyl (C=O) groups excluding carboxylic acids is 1. The number of aromatic nitrogens is 2. The van der Waals surface area contributed by atoms with Gasteiger partial charge in [0.2, 0.25) is 11.0 Å². The average molecular weight is 312 g/mol. The second-order valence-electron chi connectivity index (χ2n) is 5.30. The Morgan fingerprint density at radius 1 is 1.43 bits per heavy atom.